The third-order valence-corrected chi connectivity index (χ3v) is 2.24. The number of rotatable bonds is 4. The molecule has 0 amide bonds. The third kappa shape index (κ3) is 3.12. The fourth-order valence-electron chi connectivity index (χ4n) is 1.44. The van der Waals surface area contributed by atoms with Gasteiger partial charge in [-0.1, -0.05) is 26.3 Å². The molecule has 0 N–H and O–H groups in total. The molecule has 1 fully saturated rings. The van der Waals surface area contributed by atoms with Gasteiger partial charge in [0.15, 0.2) is 6.29 Å². The summed E-state index contributed by atoms with van der Waals surface area (Å²) in [7, 11) is 0. The first-order chi connectivity index (χ1) is 6.27. The maximum atomic E-state index is 5.62. The van der Waals surface area contributed by atoms with Crippen LogP contribution in [0.3, 0.4) is 0 Å². The van der Waals surface area contributed by atoms with Gasteiger partial charge in [0.2, 0.25) is 0 Å². The SMILES string of the molecule is CCC/C=C(\CC)C1OCC(C)O1. The van der Waals surface area contributed by atoms with Crippen molar-refractivity contribution >= 4 is 0 Å². The van der Waals surface area contributed by atoms with Crippen LogP contribution in [0.1, 0.15) is 40.0 Å². The average Bonchev–Trinajstić information content (AvgIpc) is 2.54. The number of hydrogen-bond donors (Lipinski definition) is 0. The fraction of sp³-hybridized carbons (Fsp3) is 0.818. The second-order valence-electron chi connectivity index (χ2n) is 3.53. The summed E-state index contributed by atoms with van der Waals surface area (Å²) in [5, 5.41) is 0. The molecular formula is C11H20O2. The molecule has 0 bridgehead atoms. The van der Waals surface area contributed by atoms with Gasteiger partial charge < -0.3 is 9.47 Å². The number of hydrogen-bond acceptors (Lipinski definition) is 2. The predicted octanol–water partition coefficient (Wildman–Crippen LogP) is 2.88. The minimum Gasteiger partial charge on any atom is -0.346 e. The zero-order chi connectivity index (χ0) is 9.68. The zero-order valence-electron chi connectivity index (χ0n) is 8.88. The van der Waals surface area contributed by atoms with E-state index < -0.39 is 0 Å². The zero-order valence-corrected chi connectivity index (χ0v) is 8.88. The van der Waals surface area contributed by atoms with Crippen LogP contribution in [0.5, 0.6) is 0 Å². The molecule has 1 saturated heterocycles. The Morgan fingerprint density at radius 2 is 2.23 bits per heavy atom. The Bertz CT molecular complexity index is 175. The molecule has 0 radical (unpaired) electrons. The Labute approximate surface area is 80.9 Å². The van der Waals surface area contributed by atoms with Gasteiger partial charge >= 0.3 is 0 Å². The Morgan fingerprint density at radius 1 is 1.46 bits per heavy atom. The average molecular weight is 184 g/mol. The van der Waals surface area contributed by atoms with Crippen molar-refractivity contribution in [1.82, 2.24) is 0 Å². The van der Waals surface area contributed by atoms with Crippen molar-refractivity contribution in [3.63, 3.8) is 0 Å². The van der Waals surface area contributed by atoms with E-state index in [-0.39, 0.29) is 12.4 Å². The minimum atomic E-state index is -0.0634. The summed E-state index contributed by atoms with van der Waals surface area (Å²) in [6.45, 7) is 7.11. The summed E-state index contributed by atoms with van der Waals surface area (Å²) in [6, 6.07) is 0. The van der Waals surface area contributed by atoms with Crippen molar-refractivity contribution in [3.8, 4) is 0 Å². The molecule has 0 spiro atoms. The highest BCUT2D eigenvalue weighted by Crippen LogP contribution is 2.21. The van der Waals surface area contributed by atoms with Crippen molar-refractivity contribution in [3.05, 3.63) is 11.6 Å². The molecule has 0 saturated carbocycles. The van der Waals surface area contributed by atoms with Crippen LogP contribution in [0.25, 0.3) is 0 Å². The summed E-state index contributed by atoms with van der Waals surface area (Å²) in [4.78, 5) is 0. The lowest BCUT2D eigenvalue weighted by atomic mass is 10.1. The molecule has 0 aromatic rings. The topological polar surface area (TPSA) is 18.5 Å². The van der Waals surface area contributed by atoms with Crippen molar-refractivity contribution in [2.24, 2.45) is 0 Å². The quantitative estimate of drug-likeness (QED) is 0.625. The van der Waals surface area contributed by atoms with Crippen LogP contribution in [-0.4, -0.2) is 19.0 Å². The Hall–Kier alpha value is -0.340. The molecule has 2 heteroatoms. The van der Waals surface area contributed by atoms with Gasteiger partial charge in [-0.3, -0.25) is 0 Å². The first kappa shape index (κ1) is 10.7. The highest BCUT2D eigenvalue weighted by atomic mass is 16.7. The third-order valence-electron chi connectivity index (χ3n) is 2.24. The van der Waals surface area contributed by atoms with Gasteiger partial charge in [-0.2, -0.15) is 0 Å². The van der Waals surface area contributed by atoms with Gasteiger partial charge in [-0.15, -0.1) is 0 Å². The lowest BCUT2D eigenvalue weighted by Gasteiger charge is -2.12. The molecule has 1 aliphatic heterocycles. The standard InChI is InChI=1S/C11H20O2/c1-4-6-7-10(5-2)11-12-8-9(3)13-11/h7,9,11H,4-6,8H2,1-3H3/b10-7+. The van der Waals surface area contributed by atoms with E-state index in [4.69, 9.17) is 9.47 Å². The molecule has 2 atom stereocenters. The van der Waals surface area contributed by atoms with E-state index in [1.165, 1.54) is 12.0 Å². The van der Waals surface area contributed by atoms with Crippen LogP contribution < -0.4 is 0 Å². The smallest absolute Gasteiger partial charge is 0.180 e. The van der Waals surface area contributed by atoms with Gasteiger partial charge in [0.1, 0.15) is 0 Å². The molecule has 2 unspecified atom stereocenters. The van der Waals surface area contributed by atoms with Crippen molar-refractivity contribution in [2.75, 3.05) is 6.61 Å². The minimum absolute atomic E-state index is 0.0634. The second-order valence-corrected chi connectivity index (χ2v) is 3.53. The Kier molecular flexibility index (Phi) is 4.46. The van der Waals surface area contributed by atoms with Crippen molar-refractivity contribution < 1.29 is 9.47 Å². The molecule has 1 heterocycles. The number of allylic oxidation sites excluding steroid dienone is 1. The molecule has 1 aliphatic rings. The molecule has 0 aliphatic carbocycles. The van der Waals surface area contributed by atoms with Crippen LogP contribution in [0.15, 0.2) is 11.6 Å². The highest BCUT2D eigenvalue weighted by Gasteiger charge is 2.24. The molecule has 1 rings (SSSR count). The van der Waals surface area contributed by atoms with Crippen LogP contribution in [0.4, 0.5) is 0 Å². The highest BCUT2D eigenvalue weighted by molar-refractivity contribution is 5.06. The number of ether oxygens (including phenoxy) is 2. The largest absolute Gasteiger partial charge is 0.346 e. The maximum absolute atomic E-state index is 5.62. The molecular weight excluding hydrogens is 164 g/mol. The lowest BCUT2D eigenvalue weighted by Crippen LogP contribution is -2.12. The predicted molar refractivity (Wildman–Crippen MR) is 53.6 cm³/mol. The van der Waals surface area contributed by atoms with E-state index in [0.717, 1.165) is 19.4 Å². The fourth-order valence-corrected chi connectivity index (χ4v) is 1.44. The van der Waals surface area contributed by atoms with E-state index in [0.29, 0.717) is 0 Å². The van der Waals surface area contributed by atoms with Gasteiger partial charge in [0.25, 0.3) is 0 Å². The first-order valence-electron chi connectivity index (χ1n) is 5.23. The van der Waals surface area contributed by atoms with Crippen LogP contribution in [0, 0.1) is 0 Å². The second kappa shape index (κ2) is 5.40. The summed E-state index contributed by atoms with van der Waals surface area (Å²) < 4.78 is 11.1. The van der Waals surface area contributed by atoms with E-state index in [1.807, 2.05) is 6.92 Å². The Balaban J connectivity index is 2.46. The summed E-state index contributed by atoms with van der Waals surface area (Å²) in [6.07, 6.45) is 5.78. The molecule has 76 valence electrons. The summed E-state index contributed by atoms with van der Waals surface area (Å²) in [5.41, 5.74) is 1.30. The summed E-state index contributed by atoms with van der Waals surface area (Å²) >= 11 is 0. The molecule has 0 aromatic heterocycles. The van der Waals surface area contributed by atoms with Crippen molar-refractivity contribution in [2.45, 2.75) is 52.4 Å². The molecule has 2 nitrogen and oxygen atoms in total. The van der Waals surface area contributed by atoms with Gasteiger partial charge in [0.05, 0.1) is 12.7 Å². The number of unbranched alkanes of at least 4 members (excludes halogenated alkanes) is 1. The van der Waals surface area contributed by atoms with Crippen LogP contribution in [0.2, 0.25) is 0 Å². The van der Waals surface area contributed by atoms with E-state index in [9.17, 15) is 0 Å². The van der Waals surface area contributed by atoms with Gasteiger partial charge in [-0.05, 0) is 25.3 Å². The van der Waals surface area contributed by atoms with Crippen LogP contribution in [-0.2, 0) is 9.47 Å². The maximum Gasteiger partial charge on any atom is 0.180 e. The monoisotopic (exact) mass is 184 g/mol. The van der Waals surface area contributed by atoms with Crippen molar-refractivity contribution in [1.29, 1.82) is 0 Å². The molecule has 13 heavy (non-hydrogen) atoms. The van der Waals surface area contributed by atoms with E-state index in [1.54, 1.807) is 0 Å². The normalized spacial score (nSPS) is 29.6. The van der Waals surface area contributed by atoms with E-state index >= 15 is 0 Å². The van der Waals surface area contributed by atoms with E-state index in [2.05, 4.69) is 19.9 Å². The molecule has 0 aromatic carbocycles. The van der Waals surface area contributed by atoms with Gasteiger partial charge in [0, 0.05) is 0 Å². The first-order valence-corrected chi connectivity index (χ1v) is 5.23. The van der Waals surface area contributed by atoms with Crippen LogP contribution >= 0.6 is 0 Å². The Morgan fingerprint density at radius 3 is 2.69 bits per heavy atom. The lowest BCUT2D eigenvalue weighted by molar-refractivity contribution is -0.0271. The summed E-state index contributed by atoms with van der Waals surface area (Å²) in [5.74, 6) is 0. The van der Waals surface area contributed by atoms with Gasteiger partial charge in [-0.25, -0.2) is 0 Å².